The number of rotatable bonds is 22. The minimum absolute atomic E-state index is 0.667. The molecule has 0 N–H and O–H groups in total. The van der Waals surface area contributed by atoms with Crippen molar-refractivity contribution in [2.45, 2.75) is 142 Å². The Balaban J connectivity index is 0. The Kier molecular flexibility index (Phi) is 33.5. The van der Waals surface area contributed by atoms with Crippen molar-refractivity contribution in [1.29, 1.82) is 0 Å². The van der Waals surface area contributed by atoms with Gasteiger partial charge in [0, 0.05) is 0 Å². The maximum Gasteiger partial charge on any atom is 0.234 e. The molecule has 0 heterocycles. The highest BCUT2D eigenvalue weighted by atomic mass is 16.1. The fourth-order valence-electron chi connectivity index (χ4n) is 3.45. The average molecular weight is 423 g/mol. The average Bonchev–Trinajstić information content (AvgIpc) is 2.76. The van der Waals surface area contributed by atoms with E-state index < -0.39 is 0 Å². The molecule has 4 nitrogen and oxygen atoms in total. The van der Waals surface area contributed by atoms with Gasteiger partial charge in [-0.1, -0.05) is 129 Å². The first-order valence-corrected chi connectivity index (χ1v) is 12.9. The molecule has 0 bridgehead atoms. The van der Waals surface area contributed by atoms with Gasteiger partial charge < -0.3 is 0 Å². The highest BCUT2D eigenvalue weighted by Gasteiger charge is 1.93. The maximum absolute atomic E-state index is 9.77. The molecule has 0 aliphatic rings. The predicted molar refractivity (Wildman–Crippen MR) is 130 cm³/mol. The van der Waals surface area contributed by atoms with Crippen molar-refractivity contribution in [2.24, 2.45) is 9.98 Å². The summed E-state index contributed by atoms with van der Waals surface area (Å²) in [7, 11) is 0. The summed E-state index contributed by atoms with van der Waals surface area (Å²) in [6, 6.07) is 0. The number of hydrogen-bond donors (Lipinski definition) is 0. The van der Waals surface area contributed by atoms with Crippen LogP contribution < -0.4 is 0 Å². The molecule has 30 heavy (non-hydrogen) atoms. The highest BCUT2D eigenvalue weighted by Crippen LogP contribution is 2.11. The molecular formula is C26H50N2O2. The van der Waals surface area contributed by atoms with Gasteiger partial charge in [0.15, 0.2) is 0 Å². The molecule has 0 radical (unpaired) electrons. The van der Waals surface area contributed by atoms with Gasteiger partial charge >= 0.3 is 0 Å². The van der Waals surface area contributed by atoms with Crippen LogP contribution in [-0.2, 0) is 9.59 Å². The monoisotopic (exact) mass is 422 g/mol. The fourth-order valence-corrected chi connectivity index (χ4v) is 3.45. The molecule has 4 heteroatoms. The van der Waals surface area contributed by atoms with Crippen molar-refractivity contribution < 1.29 is 9.59 Å². The van der Waals surface area contributed by atoms with Gasteiger partial charge in [0.2, 0.25) is 12.2 Å². The maximum atomic E-state index is 9.77. The lowest BCUT2D eigenvalue weighted by atomic mass is 10.1. The second-order valence-electron chi connectivity index (χ2n) is 8.31. The topological polar surface area (TPSA) is 58.9 Å². The van der Waals surface area contributed by atoms with Crippen LogP contribution >= 0.6 is 0 Å². The molecule has 0 atom stereocenters. The Hall–Kier alpha value is -1.24. The van der Waals surface area contributed by atoms with Gasteiger partial charge in [0.1, 0.15) is 0 Å². The quantitative estimate of drug-likeness (QED) is 0.0997. The summed E-state index contributed by atoms with van der Waals surface area (Å²) < 4.78 is 0. The van der Waals surface area contributed by atoms with Gasteiger partial charge in [-0.15, -0.1) is 0 Å². The smallest absolute Gasteiger partial charge is 0.211 e. The van der Waals surface area contributed by atoms with Crippen molar-refractivity contribution in [3.8, 4) is 0 Å². The zero-order valence-corrected chi connectivity index (χ0v) is 20.3. The number of unbranched alkanes of at least 4 members (excludes halogenated alkanes) is 18. The van der Waals surface area contributed by atoms with Gasteiger partial charge in [-0.05, 0) is 12.8 Å². The van der Waals surface area contributed by atoms with E-state index in [1.54, 1.807) is 12.2 Å². The number of nitrogens with zero attached hydrogens (tertiary/aromatic N) is 2. The summed E-state index contributed by atoms with van der Waals surface area (Å²) in [6.45, 7) is 5.84. The Morgan fingerprint density at radius 2 is 0.633 bits per heavy atom. The number of carbonyl (C=O) groups excluding carboxylic acids is 2. The summed E-state index contributed by atoms with van der Waals surface area (Å²) in [5, 5.41) is 0. The largest absolute Gasteiger partial charge is 0.234 e. The Bertz CT molecular complexity index is 362. The lowest BCUT2D eigenvalue weighted by Gasteiger charge is -2.00. The van der Waals surface area contributed by atoms with E-state index in [1.807, 2.05) is 0 Å². The van der Waals surface area contributed by atoms with E-state index in [2.05, 4.69) is 23.8 Å². The van der Waals surface area contributed by atoms with E-state index >= 15 is 0 Å². The second-order valence-corrected chi connectivity index (χ2v) is 8.31. The molecule has 0 unspecified atom stereocenters. The molecule has 0 amide bonds. The van der Waals surface area contributed by atoms with Crippen LogP contribution in [0.4, 0.5) is 0 Å². The van der Waals surface area contributed by atoms with E-state index in [-0.39, 0.29) is 0 Å². The van der Waals surface area contributed by atoms with E-state index in [0.717, 1.165) is 12.8 Å². The molecule has 0 aliphatic carbocycles. The molecule has 176 valence electrons. The van der Waals surface area contributed by atoms with Crippen LogP contribution in [-0.4, -0.2) is 25.2 Å². The second kappa shape index (κ2) is 32.4. The van der Waals surface area contributed by atoms with Crippen LogP contribution in [0.1, 0.15) is 142 Å². The van der Waals surface area contributed by atoms with Crippen molar-refractivity contribution in [3.63, 3.8) is 0 Å². The Morgan fingerprint density at radius 3 is 0.867 bits per heavy atom. The molecule has 0 rings (SSSR count). The van der Waals surface area contributed by atoms with Crippen LogP contribution in [0.15, 0.2) is 9.98 Å². The molecule has 0 fully saturated rings. The third-order valence-corrected chi connectivity index (χ3v) is 5.38. The van der Waals surface area contributed by atoms with Gasteiger partial charge in [0.25, 0.3) is 0 Å². The zero-order chi connectivity index (χ0) is 22.4. The molecule has 0 saturated carbocycles. The fraction of sp³-hybridized carbons (Fsp3) is 0.923. The zero-order valence-electron chi connectivity index (χ0n) is 20.3. The van der Waals surface area contributed by atoms with Crippen LogP contribution in [0.25, 0.3) is 0 Å². The van der Waals surface area contributed by atoms with E-state index in [9.17, 15) is 9.59 Å². The van der Waals surface area contributed by atoms with Gasteiger partial charge in [-0.3, -0.25) is 0 Å². The molecule has 0 aromatic rings. The van der Waals surface area contributed by atoms with Crippen LogP contribution in [0.3, 0.4) is 0 Å². The van der Waals surface area contributed by atoms with Crippen molar-refractivity contribution in [2.75, 3.05) is 13.1 Å². The minimum Gasteiger partial charge on any atom is -0.211 e. The van der Waals surface area contributed by atoms with Crippen molar-refractivity contribution >= 4 is 12.2 Å². The molecule has 0 aromatic heterocycles. The SMILES string of the molecule is CCCCCCCCCCCCN=C=O.CCCCCCCCCCCCN=C=O. The number of hydrogen-bond acceptors (Lipinski definition) is 4. The summed E-state index contributed by atoms with van der Waals surface area (Å²) in [5.41, 5.74) is 0. The third-order valence-electron chi connectivity index (χ3n) is 5.38. The lowest BCUT2D eigenvalue weighted by molar-refractivity contribution is 0.552. The predicted octanol–water partition coefficient (Wildman–Crippen LogP) is 8.49. The number of aliphatic imine (C=N–C) groups is 2. The van der Waals surface area contributed by atoms with Crippen molar-refractivity contribution in [3.05, 3.63) is 0 Å². The van der Waals surface area contributed by atoms with Gasteiger partial charge in [-0.25, -0.2) is 19.6 Å². The van der Waals surface area contributed by atoms with E-state index in [1.165, 1.54) is 116 Å². The van der Waals surface area contributed by atoms with Gasteiger partial charge in [0.05, 0.1) is 13.1 Å². The van der Waals surface area contributed by atoms with Crippen LogP contribution in [0.2, 0.25) is 0 Å². The van der Waals surface area contributed by atoms with Crippen molar-refractivity contribution in [1.82, 2.24) is 0 Å². The summed E-state index contributed by atoms with van der Waals surface area (Å²) >= 11 is 0. The molecule has 0 aromatic carbocycles. The summed E-state index contributed by atoms with van der Waals surface area (Å²) in [4.78, 5) is 26.6. The standard InChI is InChI=1S/2C13H25NO/c2*1-2-3-4-5-6-7-8-9-10-11-12-14-13-15/h2*2-12H2,1H3. The van der Waals surface area contributed by atoms with Crippen LogP contribution in [0, 0.1) is 0 Å². The lowest BCUT2D eigenvalue weighted by Crippen LogP contribution is -1.83. The first-order chi connectivity index (χ1) is 14.8. The van der Waals surface area contributed by atoms with Gasteiger partial charge in [-0.2, -0.15) is 0 Å². The Labute approximate surface area is 187 Å². The van der Waals surface area contributed by atoms with E-state index in [0.29, 0.717) is 13.1 Å². The molecular weight excluding hydrogens is 372 g/mol. The Morgan fingerprint density at radius 1 is 0.400 bits per heavy atom. The first kappa shape index (κ1) is 30.9. The summed E-state index contributed by atoms with van der Waals surface area (Å²) in [6.07, 6.45) is 29.5. The van der Waals surface area contributed by atoms with E-state index in [4.69, 9.17) is 0 Å². The van der Waals surface area contributed by atoms with Crippen LogP contribution in [0.5, 0.6) is 0 Å². The minimum atomic E-state index is 0.667. The molecule has 0 saturated heterocycles. The number of isocyanates is 2. The molecule has 0 aliphatic heterocycles. The highest BCUT2D eigenvalue weighted by molar-refractivity contribution is 5.32. The summed E-state index contributed by atoms with van der Waals surface area (Å²) in [5.74, 6) is 0. The third kappa shape index (κ3) is 34.3. The normalized spacial score (nSPS) is 9.93. The molecule has 0 spiro atoms. The first-order valence-electron chi connectivity index (χ1n) is 12.9.